The van der Waals surface area contributed by atoms with E-state index in [1.165, 1.54) is 55.0 Å². The van der Waals surface area contributed by atoms with E-state index in [9.17, 15) is 59.4 Å². The Kier molecular flexibility index (Phi) is 9.06. The maximum absolute atomic E-state index is 11.7. The molecule has 0 aliphatic rings. The summed E-state index contributed by atoms with van der Waals surface area (Å²) < 4.78 is 3.49. The maximum atomic E-state index is 11.7. The number of hydrogen-bond acceptors (Lipinski definition) is 12. The van der Waals surface area contributed by atoms with E-state index < -0.39 is 35.8 Å². The second-order valence-electron chi connectivity index (χ2n) is 12.1. The van der Waals surface area contributed by atoms with Crippen LogP contribution in [0.5, 0.6) is 0 Å². The third kappa shape index (κ3) is 7.37. The summed E-state index contributed by atoms with van der Waals surface area (Å²) in [4.78, 5) is 70.4. The summed E-state index contributed by atoms with van der Waals surface area (Å²) in [6.07, 6.45) is 4.20. The van der Waals surface area contributed by atoms with E-state index in [1.54, 1.807) is 18.2 Å². The van der Waals surface area contributed by atoms with Crippen LogP contribution < -0.4 is 0 Å². The highest BCUT2D eigenvalue weighted by molar-refractivity contribution is 5.96. The van der Waals surface area contributed by atoms with Crippen molar-refractivity contribution in [3.63, 3.8) is 0 Å². The van der Waals surface area contributed by atoms with Crippen LogP contribution in [0.15, 0.2) is 91.4 Å². The zero-order valence-corrected chi connectivity index (χ0v) is 28.3. The number of aromatic nitrogens is 9. The van der Waals surface area contributed by atoms with E-state index in [0.717, 1.165) is 32.2 Å². The minimum absolute atomic E-state index is 0.0713. The predicted octanol–water partition coefficient (Wildman–Crippen LogP) is 3.62. The monoisotopic (exact) mass is 771 g/mol. The van der Waals surface area contributed by atoms with Gasteiger partial charge in [-0.25, -0.2) is 42.8 Å². The SMILES string of the molecule is O=C(O)c1cc(C(=O)O)cc(-n2cc(-c3cc(-c4cn(-c5cc(C(=O)O)cc(C(=O)O)c5)nn4)cc(-c4cn(-c5cc(C(=O)O)cc(C(=O)O)c5)nn4)c3)nn2)c1. The van der Waals surface area contributed by atoms with Gasteiger partial charge in [-0.3, -0.25) is 0 Å². The molecule has 0 radical (unpaired) electrons. The fourth-order valence-corrected chi connectivity index (χ4v) is 5.61. The zero-order chi connectivity index (χ0) is 40.7. The summed E-state index contributed by atoms with van der Waals surface area (Å²) >= 11 is 0. The highest BCUT2D eigenvalue weighted by Crippen LogP contribution is 2.32. The third-order valence-electron chi connectivity index (χ3n) is 8.33. The van der Waals surface area contributed by atoms with Crippen LogP contribution in [0.4, 0.5) is 0 Å². The van der Waals surface area contributed by atoms with Crippen molar-refractivity contribution >= 4 is 35.8 Å². The molecule has 7 aromatic rings. The van der Waals surface area contributed by atoms with Crippen molar-refractivity contribution in [1.29, 1.82) is 0 Å². The average molecular weight is 772 g/mol. The van der Waals surface area contributed by atoms with Crippen LogP contribution in [0.2, 0.25) is 0 Å². The Hall–Kier alpha value is -8.88. The van der Waals surface area contributed by atoms with E-state index in [-0.39, 0.29) is 67.5 Å². The maximum Gasteiger partial charge on any atom is 0.335 e. The topological polar surface area (TPSA) is 316 Å². The first-order chi connectivity index (χ1) is 27.1. The molecule has 4 aromatic carbocycles. The van der Waals surface area contributed by atoms with Gasteiger partial charge in [-0.15, -0.1) is 15.3 Å². The number of carbonyl (C=O) groups is 6. The quantitative estimate of drug-likeness (QED) is 0.103. The molecule has 6 N–H and O–H groups in total. The van der Waals surface area contributed by atoms with Crippen LogP contribution in [0.1, 0.15) is 62.1 Å². The molecule has 0 aliphatic heterocycles. The lowest BCUT2D eigenvalue weighted by atomic mass is 10.0. The fourth-order valence-electron chi connectivity index (χ4n) is 5.61. The number of benzene rings is 4. The summed E-state index contributed by atoms with van der Waals surface area (Å²) in [6, 6.07) is 15.0. The molecule has 3 heterocycles. The second kappa shape index (κ2) is 14.2. The van der Waals surface area contributed by atoms with Gasteiger partial charge in [0.1, 0.15) is 17.1 Å². The lowest BCUT2D eigenvalue weighted by molar-refractivity contribution is 0.0676. The van der Waals surface area contributed by atoms with Gasteiger partial charge in [0.15, 0.2) is 0 Å². The van der Waals surface area contributed by atoms with E-state index in [2.05, 4.69) is 30.9 Å². The normalized spacial score (nSPS) is 10.9. The van der Waals surface area contributed by atoms with Gasteiger partial charge in [0, 0.05) is 16.7 Å². The molecule has 21 heteroatoms. The van der Waals surface area contributed by atoms with Crippen molar-refractivity contribution < 1.29 is 59.4 Å². The minimum atomic E-state index is -1.37. The van der Waals surface area contributed by atoms with E-state index in [1.807, 2.05) is 0 Å². The van der Waals surface area contributed by atoms with Gasteiger partial charge in [-0.05, 0) is 72.8 Å². The summed E-state index contributed by atoms with van der Waals surface area (Å²) in [5.41, 5.74) is -0.0333. The van der Waals surface area contributed by atoms with E-state index in [4.69, 9.17) is 0 Å². The second-order valence-corrected chi connectivity index (χ2v) is 12.1. The predicted molar refractivity (Wildman–Crippen MR) is 189 cm³/mol. The first kappa shape index (κ1) is 36.5. The Morgan fingerprint density at radius 1 is 0.333 bits per heavy atom. The van der Waals surface area contributed by atoms with E-state index in [0.29, 0.717) is 16.7 Å². The first-order valence-corrected chi connectivity index (χ1v) is 15.9. The molecule has 0 atom stereocenters. The first-order valence-electron chi connectivity index (χ1n) is 15.9. The van der Waals surface area contributed by atoms with Gasteiger partial charge in [0.05, 0.1) is 69.0 Å². The Labute approximate surface area is 315 Å². The molecule has 0 amide bonds. The van der Waals surface area contributed by atoms with Gasteiger partial charge < -0.3 is 30.6 Å². The Morgan fingerprint density at radius 3 is 0.737 bits per heavy atom. The minimum Gasteiger partial charge on any atom is -0.478 e. The smallest absolute Gasteiger partial charge is 0.335 e. The molecule has 7 rings (SSSR count). The molecule has 3 aromatic heterocycles. The van der Waals surface area contributed by atoms with Crippen LogP contribution in [-0.4, -0.2) is 111 Å². The number of nitrogens with zero attached hydrogens (tertiary/aromatic N) is 9. The fraction of sp³-hybridized carbons (Fsp3) is 0. The molecule has 0 spiro atoms. The van der Waals surface area contributed by atoms with Gasteiger partial charge in [0.25, 0.3) is 0 Å². The van der Waals surface area contributed by atoms with Crippen molar-refractivity contribution in [1.82, 2.24) is 45.0 Å². The summed E-state index contributed by atoms with van der Waals surface area (Å²) in [7, 11) is 0. The van der Waals surface area contributed by atoms with Crippen molar-refractivity contribution in [2.45, 2.75) is 0 Å². The Bertz CT molecular complexity index is 2440. The molecule has 0 saturated carbocycles. The zero-order valence-electron chi connectivity index (χ0n) is 28.3. The lowest BCUT2D eigenvalue weighted by Gasteiger charge is -2.07. The molecule has 0 aliphatic carbocycles. The number of carboxylic acid groups (broad SMARTS) is 6. The summed E-state index contributed by atoms with van der Waals surface area (Å²) in [6.45, 7) is 0. The standard InChI is InChI=1S/C36H21N9O12/c46-31(47)19-4-20(32(48)49)8-25(7-19)43-13-28(37-40-43)16-1-17(29-14-44(41-38-29)26-9-21(33(50)51)5-22(10-26)34(52)53)3-18(2-16)30-15-45(42-39-30)27-11-23(35(54)55)6-24(12-27)36(56)57/h1-15H,(H,46,47)(H,48,49)(H,50,51)(H,52,53)(H,54,55)(H,56,57). The molecular weight excluding hydrogens is 750 g/mol. The Balaban J connectivity index is 1.35. The van der Waals surface area contributed by atoms with Gasteiger partial charge in [0.2, 0.25) is 0 Å². The van der Waals surface area contributed by atoms with Crippen molar-refractivity contribution in [2.75, 3.05) is 0 Å². The van der Waals surface area contributed by atoms with E-state index >= 15 is 0 Å². The van der Waals surface area contributed by atoms with Crippen LogP contribution >= 0.6 is 0 Å². The van der Waals surface area contributed by atoms with Gasteiger partial charge >= 0.3 is 35.8 Å². The molecular formula is C36H21N9O12. The van der Waals surface area contributed by atoms with Gasteiger partial charge in [-0.2, -0.15) is 0 Å². The molecule has 0 unspecified atom stereocenters. The molecule has 0 saturated heterocycles. The largest absolute Gasteiger partial charge is 0.478 e. The van der Waals surface area contributed by atoms with Crippen molar-refractivity contribution in [3.05, 3.63) is 125 Å². The third-order valence-corrected chi connectivity index (χ3v) is 8.33. The molecule has 0 bridgehead atoms. The average Bonchev–Trinajstić information content (AvgIpc) is 3.99. The summed E-state index contributed by atoms with van der Waals surface area (Å²) in [5, 5.41) is 82.2. The molecule has 21 nitrogen and oxygen atoms in total. The molecule has 57 heavy (non-hydrogen) atoms. The lowest BCUT2D eigenvalue weighted by Crippen LogP contribution is -2.06. The number of aromatic carboxylic acids is 6. The number of carboxylic acids is 6. The van der Waals surface area contributed by atoms with Crippen molar-refractivity contribution in [3.8, 4) is 50.8 Å². The van der Waals surface area contributed by atoms with Crippen LogP contribution in [0.25, 0.3) is 50.8 Å². The highest BCUT2D eigenvalue weighted by atomic mass is 16.4. The summed E-state index contributed by atoms with van der Waals surface area (Å²) in [5.74, 6) is -8.25. The van der Waals surface area contributed by atoms with Gasteiger partial charge in [-0.1, -0.05) is 15.6 Å². The number of hydrogen-bond donors (Lipinski definition) is 6. The van der Waals surface area contributed by atoms with Crippen LogP contribution in [-0.2, 0) is 0 Å². The Morgan fingerprint density at radius 2 is 0.544 bits per heavy atom. The molecule has 282 valence electrons. The van der Waals surface area contributed by atoms with Crippen LogP contribution in [0.3, 0.4) is 0 Å². The highest BCUT2D eigenvalue weighted by Gasteiger charge is 2.20. The van der Waals surface area contributed by atoms with Crippen LogP contribution in [0, 0.1) is 0 Å². The van der Waals surface area contributed by atoms with Crippen molar-refractivity contribution in [2.24, 2.45) is 0 Å². The molecule has 0 fully saturated rings. The number of rotatable bonds is 12.